The van der Waals surface area contributed by atoms with Gasteiger partial charge in [-0.15, -0.1) is 16.4 Å². The molecular formula is C24H18N4O4S2. The molecule has 0 aliphatic carbocycles. The van der Waals surface area contributed by atoms with Gasteiger partial charge in [0.25, 0.3) is 5.19 Å². The van der Waals surface area contributed by atoms with Crippen molar-refractivity contribution in [1.29, 1.82) is 0 Å². The molecule has 0 spiro atoms. The van der Waals surface area contributed by atoms with E-state index in [1.54, 1.807) is 55.3 Å². The van der Waals surface area contributed by atoms with Crippen LogP contribution in [0, 0.1) is 0 Å². The number of methoxy groups -OCH3 is 2. The summed E-state index contributed by atoms with van der Waals surface area (Å²) in [5, 5.41) is 7.67. The molecule has 0 amide bonds. The van der Waals surface area contributed by atoms with Gasteiger partial charge in [-0.3, -0.25) is 0 Å². The molecule has 34 heavy (non-hydrogen) atoms. The molecule has 0 fully saturated rings. The fraction of sp³-hybridized carbons (Fsp3) is 0.125. The van der Waals surface area contributed by atoms with Crippen molar-refractivity contribution in [2.75, 3.05) is 14.2 Å². The van der Waals surface area contributed by atoms with Gasteiger partial charge in [0.15, 0.2) is 5.76 Å². The highest BCUT2D eigenvalue weighted by Crippen LogP contribution is 2.37. The number of fused-ring (bicyclic) bond motifs is 2. The number of furan rings is 1. The maximum Gasteiger partial charge on any atom is 0.294 e. The van der Waals surface area contributed by atoms with Gasteiger partial charge in [0.1, 0.15) is 34.4 Å². The van der Waals surface area contributed by atoms with Crippen molar-refractivity contribution in [3.05, 3.63) is 65.7 Å². The lowest BCUT2D eigenvalue weighted by atomic mass is 10.2. The predicted molar refractivity (Wildman–Crippen MR) is 131 cm³/mol. The minimum atomic E-state index is 0.121. The lowest BCUT2D eigenvalue weighted by Crippen LogP contribution is -1.96. The number of thiazole rings is 1. The molecular weight excluding hydrogens is 472 g/mol. The molecule has 6 rings (SSSR count). The molecule has 0 radical (unpaired) electrons. The first-order valence-electron chi connectivity index (χ1n) is 11.6. The van der Waals surface area contributed by atoms with Crippen LogP contribution in [0.1, 0.15) is 9.81 Å². The monoisotopic (exact) mass is 496 g/mol. The third kappa shape index (κ3) is 3.76. The molecule has 0 N–H and O–H groups in total. The van der Waals surface area contributed by atoms with E-state index in [2.05, 4.69) is 15.1 Å². The highest BCUT2D eigenvalue weighted by molar-refractivity contribution is 7.18. The van der Waals surface area contributed by atoms with Gasteiger partial charge >= 0.3 is 0 Å². The Morgan fingerprint density at radius 2 is 2.00 bits per heavy atom. The van der Waals surface area contributed by atoms with Gasteiger partial charge in [0, 0.05) is 23.1 Å². The second-order valence-corrected chi connectivity index (χ2v) is 8.88. The first-order chi connectivity index (χ1) is 17.9. The van der Waals surface area contributed by atoms with E-state index in [4.69, 9.17) is 22.7 Å². The SMILES string of the molecule is [3H]c1cccc([3H])c1-c1nc(COc2cc(OC)cc3oc(-c4cn5nc(OC)sc5n4)c([3H])c23)cs1. The van der Waals surface area contributed by atoms with Gasteiger partial charge < -0.3 is 18.6 Å². The third-order valence-electron chi connectivity index (χ3n) is 4.95. The van der Waals surface area contributed by atoms with Crippen molar-refractivity contribution in [2.45, 2.75) is 6.61 Å². The molecule has 0 saturated carbocycles. The highest BCUT2D eigenvalue weighted by atomic mass is 32.1. The smallest absolute Gasteiger partial charge is 0.294 e. The predicted octanol–water partition coefficient (Wildman–Crippen LogP) is 5.92. The molecule has 0 aliphatic heterocycles. The molecule has 0 atom stereocenters. The van der Waals surface area contributed by atoms with E-state index in [-0.39, 0.29) is 30.5 Å². The number of rotatable bonds is 7. The fourth-order valence-corrected chi connectivity index (χ4v) is 4.83. The standard InChI is InChI=1S/C24H18N4O4S2/c1-29-16-8-19(31-12-15-13-33-22(25-15)14-6-4-3-5-7-14)17-10-21(32-20(17)9-16)18-11-28-23(26-18)34-24(27-28)30-2/h3-11,13H,12H2,1-2H3/i6T,7T,10T. The van der Waals surface area contributed by atoms with E-state index in [9.17, 15) is 0 Å². The molecule has 0 bridgehead atoms. The second kappa shape index (κ2) is 8.47. The van der Waals surface area contributed by atoms with E-state index in [1.807, 2.05) is 5.38 Å². The quantitative estimate of drug-likeness (QED) is 0.271. The largest absolute Gasteiger partial charge is 0.496 e. The first kappa shape index (κ1) is 17.6. The maximum absolute atomic E-state index is 8.82. The number of hydrogen-bond acceptors (Lipinski definition) is 9. The summed E-state index contributed by atoms with van der Waals surface area (Å²) < 4.78 is 49.4. The number of hydrogen-bond donors (Lipinski definition) is 0. The van der Waals surface area contributed by atoms with Crippen LogP contribution < -0.4 is 14.2 Å². The number of aromatic nitrogens is 4. The summed E-state index contributed by atoms with van der Waals surface area (Å²) in [6, 6.07) is 8.99. The van der Waals surface area contributed by atoms with Crippen molar-refractivity contribution in [3.8, 4) is 38.7 Å². The Bertz CT molecular complexity index is 1720. The summed E-state index contributed by atoms with van der Waals surface area (Å²) in [6.07, 6.45) is 1.68. The summed E-state index contributed by atoms with van der Waals surface area (Å²) in [6.45, 7) is 0.121. The van der Waals surface area contributed by atoms with Crippen LogP contribution in [0.4, 0.5) is 0 Å². The van der Waals surface area contributed by atoms with Crippen molar-refractivity contribution >= 4 is 38.6 Å². The Hall–Kier alpha value is -3.89. The summed E-state index contributed by atoms with van der Waals surface area (Å²) in [5.41, 5.74) is 2.03. The van der Waals surface area contributed by atoms with Crippen molar-refractivity contribution in [2.24, 2.45) is 0 Å². The normalized spacial score (nSPS) is 12.6. The summed E-state index contributed by atoms with van der Waals surface area (Å²) >= 11 is 2.64. The van der Waals surface area contributed by atoms with Crippen molar-refractivity contribution in [1.82, 2.24) is 19.6 Å². The minimum Gasteiger partial charge on any atom is -0.496 e. The highest BCUT2D eigenvalue weighted by Gasteiger charge is 2.17. The van der Waals surface area contributed by atoms with E-state index < -0.39 is 0 Å². The molecule has 2 aromatic carbocycles. The fourth-order valence-electron chi connectivity index (χ4n) is 3.36. The molecule has 8 nitrogen and oxygen atoms in total. The van der Waals surface area contributed by atoms with E-state index in [1.165, 1.54) is 22.7 Å². The van der Waals surface area contributed by atoms with Crippen LogP contribution >= 0.6 is 22.7 Å². The molecule has 0 aliphatic rings. The Kier molecular flexibility index (Phi) is 4.38. The van der Waals surface area contributed by atoms with Gasteiger partial charge in [-0.1, -0.05) is 30.3 Å². The second-order valence-electron chi connectivity index (χ2n) is 7.10. The van der Waals surface area contributed by atoms with Crippen LogP contribution in [0.5, 0.6) is 16.7 Å². The van der Waals surface area contributed by atoms with E-state index in [0.717, 1.165) is 0 Å². The minimum absolute atomic E-state index is 0.121. The summed E-state index contributed by atoms with van der Waals surface area (Å²) in [4.78, 5) is 9.72. The van der Waals surface area contributed by atoms with Crippen LogP contribution in [0.2, 0.25) is 0 Å². The van der Waals surface area contributed by atoms with Crippen LogP contribution in [-0.4, -0.2) is 33.8 Å². The van der Waals surface area contributed by atoms with Crippen LogP contribution in [0.15, 0.2) is 64.5 Å². The van der Waals surface area contributed by atoms with Crippen molar-refractivity contribution < 1.29 is 22.7 Å². The molecule has 10 heteroatoms. The molecule has 4 heterocycles. The van der Waals surface area contributed by atoms with Gasteiger partial charge in [0.05, 0.1) is 35.6 Å². The van der Waals surface area contributed by atoms with Gasteiger partial charge in [-0.2, -0.15) is 0 Å². The maximum atomic E-state index is 8.82. The van der Waals surface area contributed by atoms with Gasteiger partial charge in [-0.05, 0) is 17.4 Å². The van der Waals surface area contributed by atoms with Gasteiger partial charge in [-0.25, -0.2) is 14.5 Å². The van der Waals surface area contributed by atoms with Gasteiger partial charge in [0.2, 0.25) is 4.96 Å². The Morgan fingerprint density at radius 3 is 2.79 bits per heavy atom. The lowest BCUT2D eigenvalue weighted by Gasteiger charge is -2.07. The molecule has 6 aromatic rings. The topological polar surface area (TPSA) is 83.9 Å². The Labute approximate surface area is 206 Å². The van der Waals surface area contributed by atoms with E-state index in [0.29, 0.717) is 54.6 Å². The average molecular weight is 497 g/mol. The summed E-state index contributed by atoms with van der Waals surface area (Å²) in [5.74, 6) is 1.21. The van der Waals surface area contributed by atoms with Crippen LogP contribution in [0.3, 0.4) is 0 Å². The molecule has 0 unspecified atom stereocenters. The number of imidazole rings is 1. The average Bonchev–Trinajstić information content (AvgIpc) is 3.65. The molecule has 4 aromatic heterocycles. The third-order valence-corrected chi connectivity index (χ3v) is 6.74. The van der Waals surface area contributed by atoms with Crippen LogP contribution in [-0.2, 0) is 6.61 Å². The van der Waals surface area contributed by atoms with Crippen molar-refractivity contribution in [3.63, 3.8) is 0 Å². The number of ether oxygens (including phenoxy) is 3. The zero-order valence-electron chi connectivity index (χ0n) is 21.0. The van der Waals surface area contributed by atoms with E-state index >= 15 is 0 Å². The molecule has 0 saturated heterocycles. The molecule has 170 valence electrons. The Balaban J connectivity index is 1.34. The number of benzene rings is 2. The zero-order valence-corrected chi connectivity index (χ0v) is 19.6. The lowest BCUT2D eigenvalue weighted by molar-refractivity contribution is 0.303. The number of nitrogens with zero attached hydrogens (tertiary/aromatic N) is 4. The first-order valence-corrected chi connectivity index (χ1v) is 11.8. The summed E-state index contributed by atoms with van der Waals surface area (Å²) in [7, 11) is 3.09. The van der Waals surface area contributed by atoms with Crippen LogP contribution in [0.25, 0.3) is 38.0 Å². The zero-order chi connectivity index (χ0) is 25.7. The Morgan fingerprint density at radius 1 is 1.12 bits per heavy atom.